The normalized spacial score (nSPS) is 24.0. The van der Waals surface area contributed by atoms with Crippen LogP contribution >= 0.6 is 0 Å². The van der Waals surface area contributed by atoms with Crippen LogP contribution in [0.2, 0.25) is 0 Å². The molecule has 0 aliphatic carbocycles. The summed E-state index contributed by atoms with van der Waals surface area (Å²) in [7, 11) is 1.58. The zero-order valence-corrected chi connectivity index (χ0v) is 11.7. The molecule has 3 amide bonds. The number of nitrogens with zero attached hydrogens (tertiary/aromatic N) is 1. The Kier molecular flexibility index (Phi) is 5.75. The Morgan fingerprint density at radius 1 is 1.50 bits per heavy atom. The van der Waals surface area contributed by atoms with Crippen LogP contribution in [0.5, 0.6) is 0 Å². The molecule has 0 aromatic heterocycles. The fraction of sp³-hybridized carbons (Fsp3) is 0.750. The van der Waals surface area contributed by atoms with Gasteiger partial charge in [-0.2, -0.15) is 0 Å². The molecule has 8 heteroatoms. The summed E-state index contributed by atoms with van der Waals surface area (Å²) in [6, 6.07) is -1.83. The maximum atomic E-state index is 12.0. The first kappa shape index (κ1) is 16.2. The Morgan fingerprint density at radius 3 is 2.65 bits per heavy atom. The maximum Gasteiger partial charge on any atom is 0.326 e. The van der Waals surface area contributed by atoms with Gasteiger partial charge >= 0.3 is 12.0 Å². The predicted octanol–water partition coefficient (Wildman–Crippen LogP) is -0.619. The summed E-state index contributed by atoms with van der Waals surface area (Å²) in [6.07, 6.45) is 0.271. The highest BCUT2D eigenvalue weighted by Gasteiger charge is 2.31. The topological polar surface area (TPSA) is 122 Å². The van der Waals surface area contributed by atoms with Crippen molar-refractivity contribution in [2.45, 2.75) is 31.9 Å². The number of aliphatic carboxylic acids is 1. The molecule has 3 atom stereocenters. The highest BCUT2D eigenvalue weighted by Crippen LogP contribution is 2.19. The molecule has 3 unspecified atom stereocenters. The number of urea groups is 1. The van der Waals surface area contributed by atoms with Crippen molar-refractivity contribution >= 4 is 17.9 Å². The van der Waals surface area contributed by atoms with Gasteiger partial charge in [0.25, 0.3) is 0 Å². The van der Waals surface area contributed by atoms with Gasteiger partial charge in [-0.15, -0.1) is 0 Å². The third-order valence-electron chi connectivity index (χ3n) is 3.48. The molecule has 20 heavy (non-hydrogen) atoms. The van der Waals surface area contributed by atoms with E-state index in [0.29, 0.717) is 19.0 Å². The quantitative estimate of drug-likeness (QED) is 0.622. The summed E-state index contributed by atoms with van der Waals surface area (Å²) in [5.74, 6) is -1.73. The van der Waals surface area contributed by atoms with Gasteiger partial charge in [-0.3, -0.25) is 4.79 Å². The Balaban J connectivity index is 2.60. The van der Waals surface area contributed by atoms with Crippen molar-refractivity contribution in [2.75, 3.05) is 20.2 Å². The summed E-state index contributed by atoms with van der Waals surface area (Å²) < 4.78 is 5.29. The minimum atomic E-state index is -1.31. The van der Waals surface area contributed by atoms with Crippen LogP contribution in [0.3, 0.4) is 0 Å². The maximum absolute atomic E-state index is 12.0. The largest absolute Gasteiger partial charge is 0.480 e. The zero-order valence-electron chi connectivity index (χ0n) is 11.7. The van der Waals surface area contributed by atoms with E-state index in [1.165, 1.54) is 4.90 Å². The van der Waals surface area contributed by atoms with Crippen LogP contribution < -0.4 is 11.1 Å². The number of primary amides is 1. The highest BCUT2D eigenvalue weighted by atomic mass is 16.5. The van der Waals surface area contributed by atoms with Gasteiger partial charge in [0.05, 0.1) is 12.5 Å². The fourth-order valence-electron chi connectivity index (χ4n) is 2.17. The average molecular weight is 287 g/mol. The smallest absolute Gasteiger partial charge is 0.326 e. The number of likely N-dealkylation sites (tertiary alicyclic amines) is 1. The molecule has 1 fully saturated rings. The van der Waals surface area contributed by atoms with Crippen LogP contribution in [-0.4, -0.2) is 60.3 Å². The molecule has 114 valence electrons. The van der Waals surface area contributed by atoms with Crippen LogP contribution in [0.25, 0.3) is 0 Å². The second kappa shape index (κ2) is 7.09. The van der Waals surface area contributed by atoms with Gasteiger partial charge in [-0.1, -0.05) is 6.92 Å². The number of piperidine rings is 1. The van der Waals surface area contributed by atoms with Gasteiger partial charge < -0.3 is 25.8 Å². The first-order valence-electron chi connectivity index (χ1n) is 6.44. The number of carboxylic acid groups (broad SMARTS) is 1. The standard InChI is InChI=1S/C12H21N3O5/c1-7-3-4-15(6-9(7)20-2)12(19)14-8(11(17)18)5-10(13)16/h7-9H,3-6H2,1-2H3,(H2,13,16)(H,14,19)(H,17,18). The highest BCUT2D eigenvalue weighted by molar-refractivity contribution is 5.87. The lowest BCUT2D eigenvalue weighted by molar-refractivity contribution is -0.141. The number of carboxylic acids is 1. The molecular formula is C12H21N3O5. The number of carbonyl (C=O) groups excluding carboxylic acids is 2. The molecule has 0 bridgehead atoms. The van der Waals surface area contributed by atoms with Crippen molar-refractivity contribution in [3.05, 3.63) is 0 Å². The number of nitrogens with two attached hydrogens (primary N) is 1. The van der Waals surface area contributed by atoms with Gasteiger partial charge in [0.2, 0.25) is 5.91 Å². The summed E-state index contributed by atoms with van der Waals surface area (Å²) in [4.78, 5) is 35.2. The van der Waals surface area contributed by atoms with Crippen LogP contribution in [-0.2, 0) is 14.3 Å². The second-order valence-electron chi connectivity index (χ2n) is 5.00. The van der Waals surface area contributed by atoms with Crippen molar-refractivity contribution in [3.63, 3.8) is 0 Å². The first-order chi connectivity index (χ1) is 9.35. The molecule has 0 aromatic rings. The lowest BCUT2D eigenvalue weighted by Crippen LogP contribution is -2.54. The summed E-state index contributed by atoms with van der Waals surface area (Å²) in [5.41, 5.74) is 4.96. The summed E-state index contributed by atoms with van der Waals surface area (Å²) in [5, 5.41) is 11.3. The van der Waals surface area contributed by atoms with Gasteiger partial charge in [-0.25, -0.2) is 9.59 Å². The van der Waals surface area contributed by atoms with Gasteiger partial charge in [-0.05, 0) is 12.3 Å². The minimum absolute atomic E-state index is 0.0751. The van der Waals surface area contributed by atoms with E-state index < -0.39 is 30.4 Å². The number of ether oxygens (including phenoxy) is 1. The van der Waals surface area contributed by atoms with Crippen LogP contribution in [0.4, 0.5) is 4.79 Å². The van der Waals surface area contributed by atoms with Crippen molar-refractivity contribution in [2.24, 2.45) is 11.7 Å². The lowest BCUT2D eigenvalue weighted by Gasteiger charge is -2.36. The number of methoxy groups -OCH3 is 1. The first-order valence-corrected chi connectivity index (χ1v) is 6.44. The number of hydrogen-bond donors (Lipinski definition) is 3. The average Bonchev–Trinajstić information content (AvgIpc) is 2.37. The van der Waals surface area contributed by atoms with E-state index in [2.05, 4.69) is 5.32 Å². The molecule has 0 aromatic carbocycles. The molecule has 1 rings (SSSR count). The van der Waals surface area contributed by atoms with E-state index in [1.54, 1.807) is 7.11 Å². The Bertz CT molecular complexity index is 387. The second-order valence-corrected chi connectivity index (χ2v) is 5.00. The van der Waals surface area contributed by atoms with Crippen molar-refractivity contribution in [1.29, 1.82) is 0 Å². The van der Waals surface area contributed by atoms with Gasteiger partial charge in [0.1, 0.15) is 6.04 Å². The van der Waals surface area contributed by atoms with Crippen LogP contribution in [0.1, 0.15) is 19.8 Å². The molecule has 8 nitrogen and oxygen atoms in total. The summed E-state index contributed by atoms with van der Waals surface area (Å²) in [6.45, 7) is 2.96. The lowest BCUT2D eigenvalue weighted by atomic mass is 9.96. The molecule has 1 heterocycles. The van der Waals surface area contributed by atoms with Crippen molar-refractivity contribution in [3.8, 4) is 0 Å². The molecule has 1 aliphatic heterocycles. The molecular weight excluding hydrogens is 266 g/mol. The van der Waals surface area contributed by atoms with Gasteiger partial charge in [0.15, 0.2) is 0 Å². The van der Waals surface area contributed by atoms with Crippen molar-refractivity contribution < 1.29 is 24.2 Å². The van der Waals surface area contributed by atoms with Crippen LogP contribution in [0.15, 0.2) is 0 Å². The molecule has 0 radical (unpaired) electrons. The van der Waals surface area contributed by atoms with Gasteiger partial charge in [0, 0.05) is 20.2 Å². The number of nitrogens with one attached hydrogen (secondary N) is 1. The Morgan fingerprint density at radius 2 is 2.15 bits per heavy atom. The minimum Gasteiger partial charge on any atom is -0.480 e. The van der Waals surface area contributed by atoms with E-state index in [0.717, 1.165) is 6.42 Å². The Labute approximate surface area is 117 Å². The number of hydrogen-bond acceptors (Lipinski definition) is 4. The number of amides is 3. The third-order valence-corrected chi connectivity index (χ3v) is 3.48. The third kappa shape index (κ3) is 4.37. The SMILES string of the molecule is COC1CN(C(=O)NC(CC(N)=O)C(=O)O)CCC1C. The summed E-state index contributed by atoms with van der Waals surface area (Å²) >= 11 is 0. The number of carbonyl (C=O) groups is 3. The molecule has 1 aliphatic rings. The van der Waals surface area contributed by atoms with E-state index in [1.807, 2.05) is 6.92 Å². The fourth-order valence-corrected chi connectivity index (χ4v) is 2.17. The van der Waals surface area contributed by atoms with E-state index in [9.17, 15) is 14.4 Å². The monoisotopic (exact) mass is 287 g/mol. The molecule has 0 saturated carbocycles. The van der Waals surface area contributed by atoms with E-state index in [-0.39, 0.29) is 6.10 Å². The Hall–Kier alpha value is -1.83. The molecule has 4 N–H and O–H groups in total. The van der Waals surface area contributed by atoms with Crippen molar-refractivity contribution in [1.82, 2.24) is 10.2 Å². The zero-order chi connectivity index (χ0) is 15.3. The van der Waals surface area contributed by atoms with E-state index in [4.69, 9.17) is 15.6 Å². The van der Waals surface area contributed by atoms with E-state index >= 15 is 0 Å². The molecule has 1 saturated heterocycles. The predicted molar refractivity (Wildman–Crippen MR) is 69.9 cm³/mol. The van der Waals surface area contributed by atoms with Crippen LogP contribution in [0, 0.1) is 5.92 Å². The number of rotatable bonds is 5. The molecule has 0 spiro atoms.